The average molecular weight is 391 g/mol. The highest BCUT2D eigenvalue weighted by Gasteiger charge is 2.29. The van der Waals surface area contributed by atoms with E-state index in [-0.39, 0.29) is 24.4 Å². The normalized spacial score (nSPS) is 16.5. The van der Waals surface area contributed by atoms with E-state index in [2.05, 4.69) is 5.32 Å². The molecule has 0 saturated carbocycles. The van der Waals surface area contributed by atoms with Gasteiger partial charge in [-0.2, -0.15) is 0 Å². The molecule has 1 fully saturated rings. The minimum Gasteiger partial charge on any atom is -0.490 e. The zero-order valence-electron chi connectivity index (χ0n) is 15.1. The third-order valence-corrected chi connectivity index (χ3v) is 4.37. The summed E-state index contributed by atoms with van der Waals surface area (Å²) in [6.45, 7) is 6.55. The Bertz CT molecular complexity index is 569. The summed E-state index contributed by atoms with van der Waals surface area (Å²) in [7, 11) is 1.91. The molecule has 1 unspecified atom stereocenters. The van der Waals surface area contributed by atoms with Gasteiger partial charge in [0.1, 0.15) is 0 Å². The number of likely N-dealkylation sites (N-methyl/N-ethyl adjacent to an activating group) is 1. The van der Waals surface area contributed by atoms with E-state index in [0.29, 0.717) is 35.3 Å². The van der Waals surface area contributed by atoms with Gasteiger partial charge in [0.15, 0.2) is 11.5 Å². The molecule has 1 atom stereocenters. The first-order valence-electron chi connectivity index (χ1n) is 8.67. The van der Waals surface area contributed by atoms with Crippen molar-refractivity contribution in [1.82, 2.24) is 10.2 Å². The van der Waals surface area contributed by atoms with Crippen LogP contribution >= 0.6 is 24.0 Å². The molecule has 1 heterocycles. The van der Waals surface area contributed by atoms with Crippen molar-refractivity contribution in [3.63, 3.8) is 0 Å². The minimum atomic E-state index is -0.00218. The van der Waals surface area contributed by atoms with E-state index in [1.165, 1.54) is 0 Å². The van der Waals surface area contributed by atoms with Gasteiger partial charge < -0.3 is 19.7 Å². The second-order valence-electron chi connectivity index (χ2n) is 5.92. The Balaban J connectivity index is 0.00000312. The van der Waals surface area contributed by atoms with E-state index < -0.39 is 0 Å². The van der Waals surface area contributed by atoms with E-state index in [0.717, 1.165) is 32.4 Å². The first kappa shape index (κ1) is 21.9. The van der Waals surface area contributed by atoms with Crippen LogP contribution in [0.2, 0.25) is 5.02 Å². The Morgan fingerprint density at radius 2 is 2.12 bits per heavy atom. The molecule has 142 valence electrons. The van der Waals surface area contributed by atoms with Gasteiger partial charge in [-0.15, -0.1) is 12.4 Å². The number of carbonyl (C=O) groups is 1. The number of halogens is 2. The zero-order chi connectivity index (χ0) is 17.5. The van der Waals surface area contributed by atoms with Gasteiger partial charge in [-0.25, -0.2) is 0 Å². The number of likely N-dealkylation sites (tertiary alicyclic amines) is 1. The molecule has 2 rings (SSSR count). The second kappa shape index (κ2) is 10.7. The Kier molecular flexibility index (Phi) is 9.39. The Morgan fingerprint density at radius 3 is 2.76 bits per heavy atom. The van der Waals surface area contributed by atoms with Crippen LogP contribution in [0.1, 0.15) is 43.5 Å². The molecule has 1 saturated heterocycles. The lowest BCUT2D eigenvalue weighted by Crippen LogP contribution is -2.40. The number of carbonyl (C=O) groups excluding carboxylic acids is 1. The number of benzene rings is 1. The highest BCUT2D eigenvalue weighted by Crippen LogP contribution is 2.37. The first-order valence-corrected chi connectivity index (χ1v) is 9.04. The summed E-state index contributed by atoms with van der Waals surface area (Å²) in [5.41, 5.74) is 0.551. The molecule has 25 heavy (non-hydrogen) atoms. The molecule has 7 heteroatoms. The van der Waals surface area contributed by atoms with Crippen molar-refractivity contribution in [3.05, 3.63) is 22.7 Å². The van der Waals surface area contributed by atoms with E-state index >= 15 is 0 Å². The molecule has 1 N–H and O–H groups in total. The van der Waals surface area contributed by atoms with E-state index in [4.69, 9.17) is 21.1 Å². The molecular formula is C18H28Cl2N2O3. The summed E-state index contributed by atoms with van der Waals surface area (Å²) in [6.07, 6.45) is 2.93. The van der Waals surface area contributed by atoms with Crippen LogP contribution in [0.25, 0.3) is 0 Å². The van der Waals surface area contributed by atoms with Crippen LogP contribution in [0.15, 0.2) is 12.1 Å². The van der Waals surface area contributed by atoms with Crippen molar-refractivity contribution in [2.75, 3.05) is 33.4 Å². The van der Waals surface area contributed by atoms with Crippen molar-refractivity contribution in [2.45, 2.75) is 39.2 Å². The molecule has 0 aromatic heterocycles. The standard InChI is InChI=1S/C18H27ClN2O3.ClH/c1-4-9-24-17-15(19)10-13(11-16(17)23-5-2)18(22)21-8-6-7-14(21)12-20-3;/h10-11,14,20H,4-9,12H2,1-3H3;1H. The van der Waals surface area contributed by atoms with Gasteiger partial charge in [0.05, 0.1) is 18.2 Å². The summed E-state index contributed by atoms with van der Waals surface area (Å²) in [5.74, 6) is 1.05. The first-order chi connectivity index (χ1) is 11.6. The average Bonchev–Trinajstić information content (AvgIpc) is 3.02. The fraction of sp³-hybridized carbons (Fsp3) is 0.611. The third kappa shape index (κ3) is 5.40. The van der Waals surface area contributed by atoms with Crippen LogP contribution in [0.5, 0.6) is 11.5 Å². The molecule has 0 radical (unpaired) electrons. The number of hydrogen-bond donors (Lipinski definition) is 1. The van der Waals surface area contributed by atoms with Gasteiger partial charge in [-0.1, -0.05) is 18.5 Å². The molecule has 5 nitrogen and oxygen atoms in total. The van der Waals surface area contributed by atoms with Crippen LogP contribution in [0, 0.1) is 0 Å². The molecule has 0 aliphatic carbocycles. The van der Waals surface area contributed by atoms with Gasteiger partial charge in [-0.3, -0.25) is 4.79 Å². The molecular weight excluding hydrogens is 363 g/mol. The highest BCUT2D eigenvalue weighted by molar-refractivity contribution is 6.32. The second-order valence-corrected chi connectivity index (χ2v) is 6.33. The summed E-state index contributed by atoms with van der Waals surface area (Å²) in [4.78, 5) is 14.8. The van der Waals surface area contributed by atoms with E-state index in [1.807, 2.05) is 25.8 Å². The molecule has 1 amide bonds. The quantitative estimate of drug-likeness (QED) is 0.733. The van der Waals surface area contributed by atoms with Gasteiger partial charge in [0.2, 0.25) is 0 Å². The lowest BCUT2D eigenvalue weighted by atomic mass is 10.1. The monoisotopic (exact) mass is 390 g/mol. The van der Waals surface area contributed by atoms with Gasteiger partial charge in [0, 0.05) is 24.7 Å². The summed E-state index contributed by atoms with van der Waals surface area (Å²) < 4.78 is 11.3. The SMILES string of the molecule is CCCOc1c(Cl)cc(C(=O)N2CCCC2CNC)cc1OCC.Cl. The fourth-order valence-corrected chi connectivity index (χ4v) is 3.28. The third-order valence-electron chi connectivity index (χ3n) is 4.08. The van der Waals surface area contributed by atoms with Gasteiger partial charge in [0.25, 0.3) is 5.91 Å². The van der Waals surface area contributed by atoms with Crippen LogP contribution in [-0.2, 0) is 0 Å². The molecule has 1 aliphatic rings. The van der Waals surface area contributed by atoms with Gasteiger partial charge in [-0.05, 0) is 45.4 Å². The van der Waals surface area contributed by atoms with E-state index in [1.54, 1.807) is 12.1 Å². The van der Waals surface area contributed by atoms with Crippen LogP contribution in [0.4, 0.5) is 0 Å². The Morgan fingerprint density at radius 1 is 1.36 bits per heavy atom. The summed E-state index contributed by atoms with van der Waals surface area (Å²) in [5, 5.41) is 3.58. The van der Waals surface area contributed by atoms with Crippen molar-refractivity contribution in [3.8, 4) is 11.5 Å². The highest BCUT2D eigenvalue weighted by atomic mass is 35.5. The predicted octanol–water partition coefficient (Wildman–Crippen LogP) is 3.77. The predicted molar refractivity (Wildman–Crippen MR) is 104 cm³/mol. The number of hydrogen-bond acceptors (Lipinski definition) is 4. The van der Waals surface area contributed by atoms with Gasteiger partial charge >= 0.3 is 0 Å². The Hall–Kier alpha value is -1.17. The summed E-state index contributed by atoms with van der Waals surface area (Å²) >= 11 is 6.37. The smallest absolute Gasteiger partial charge is 0.254 e. The maximum atomic E-state index is 12.9. The minimum absolute atomic E-state index is 0. The number of amides is 1. The van der Waals surface area contributed by atoms with Crippen molar-refractivity contribution >= 4 is 29.9 Å². The number of rotatable bonds is 8. The molecule has 1 aromatic rings. The molecule has 1 aromatic carbocycles. The van der Waals surface area contributed by atoms with Crippen molar-refractivity contribution in [2.24, 2.45) is 0 Å². The number of nitrogens with one attached hydrogen (secondary N) is 1. The fourth-order valence-electron chi connectivity index (χ4n) is 3.02. The zero-order valence-corrected chi connectivity index (χ0v) is 16.7. The van der Waals surface area contributed by atoms with E-state index in [9.17, 15) is 4.79 Å². The maximum Gasteiger partial charge on any atom is 0.254 e. The Labute approximate surface area is 161 Å². The lowest BCUT2D eigenvalue weighted by Gasteiger charge is -2.25. The molecule has 1 aliphatic heterocycles. The topological polar surface area (TPSA) is 50.8 Å². The van der Waals surface area contributed by atoms with Crippen molar-refractivity contribution in [1.29, 1.82) is 0 Å². The van der Waals surface area contributed by atoms with Crippen LogP contribution < -0.4 is 14.8 Å². The number of nitrogens with zero attached hydrogens (tertiary/aromatic N) is 1. The lowest BCUT2D eigenvalue weighted by molar-refractivity contribution is 0.0736. The molecule has 0 spiro atoms. The maximum absolute atomic E-state index is 12.9. The largest absolute Gasteiger partial charge is 0.490 e. The number of ether oxygens (including phenoxy) is 2. The van der Waals surface area contributed by atoms with Crippen molar-refractivity contribution < 1.29 is 14.3 Å². The van der Waals surface area contributed by atoms with Crippen LogP contribution in [0.3, 0.4) is 0 Å². The summed E-state index contributed by atoms with van der Waals surface area (Å²) in [6, 6.07) is 3.66. The molecule has 0 bridgehead atoms. The van der Waals surface area contributed by atoms with Crippen LogP contribution in [-0.4, -0.2) is 50.2 Å².